The van der Waals surface area contributed by atoms with E-state index in [1.807, 2.05) is 25.1 Å². The Hall–Kier alpha value is -1.75. The van der Waals surface area contributed by atoms with Crippen LogP contribution in [0.2, 0.25) is 0 Å². The molecule has 0 radical (unpaired) electrons. The molecule has 2 rings (SSSR count). The first-order chi connectivity index (χ1) is 9.10. The van der Waals surface area contributed by atoms with Gasteiger partial charge in [-0.1, -0.05) is 31.2 Å². The molecule has 100 valence electrons. The van der Waals surface area contributed by atoms with E-state index in [1.54, 1.807) is 6.07 Å². The Morgan fingerprint density at radius 1 is 1.42 bits per heavy atom. The molecular formula is C14H17N3OS. The van der Waals surface area contributed by atoms with E-state index in [0.717, 1.165) is 34.7 Å². The summed E-state index contributed by atoms with van der Waals surface area (Å²) in [5, 5.41) is 0.615. The van der Waals surface area contributed by atoms with Crippen LogP contribution in [0.3, 0.4) is 0 Å². The fraction of sp³-hybridized carbons (Fsp3) is 0.286. The largest absolute Gasteiger partial charge is 0.398 e. The van der Waals surface area contributed by atoms with Crippen molar-refractivity contribution in [2.45, 2.75) is 36.7 Å². The number of aryl methyl sites for hydroxylation is 1. The maximum Gasteiger partial charge on any atom is 0.251 e. The van der Waals surface area contributed by atoms with Crippen molar-refractivity contribution >= 4 is 17.4 Å². The number of H-pyrrole nitrogens is 1. The summed E-state index contributed by atoms with van der Waals surface area (Å²) < 4.78 is 0. The summed E-state index contributed by atoms with van der Waals surface area (Å²) in [5.41, 5.74) is 8.35. The van der Waals surface area contributed by atoms with Crippen LogP contribution in [-0.4, -0.2) is 9.97 Å². The van der Waals surface area contributed by atoms with Gasteiger partial charge in [0.1, 0.15) is 0 Å². The molecule has 1 aromatic heterocycles. The van der Waals surface area contributed by atoms with Crippen LogP contribution < -0.4 is 11.3 Å². The van der Waals surface area contributed by atoms with Crippen molar-refractivity contribution in [1.29, 1.82) is 0 Å². The van der Waals surface area contributed by atoms with Crippen LogP contribution in [-0.2, 0) is 6.42 Å². The van der Waals surface area contributed by atoms with Gasteiger partial charge in [-0.2, -0.15) is 0 Å². The predicted octanol–water partition coefficient (Wildman–Crippen LogP) is 2.76. The lowest BCUT2D eigenvalue weighted by Gasteiger charge is -2.07. The smallest absolute Gasteiger partial charge is 0.251 e. The molecule has 19 heavy (non-hydrogen) atoms. The predicted molar refractivity (Wildman–Crippen MR) is 78.6 cm³/mol. The molecule has 0 saturated heterocycles. The van der Waals surface area contributed by atoms with Crippen LogP contribution >= 0.6 is 11.8 Å². The molecule has 0 aliphatic rings. The number of anilines is 1. The number of nitrogens with two attached hydrogens (primary N) is 1. The lowest BCUT2D eigenvalue weighted by molar-refractivity contribution is 0.816. The molecule has 0 aliphatic heterocycles. The average Bonchev–Trinajstić information content (AvgIpc) is 2.35. The lowest BCUT2D eigenvalue weighted by Crippen LogP contribution is -2.09. The van der Waals surface area contributed by atoms with E-state index in [2.05, 4.69) is 16.9 Å². The van der Waals surface area contributed by atoms with Crippen LogP contribution in [0, 0.1) is 6.92 Å². The van der Waals surface area contributed by atoms with Gasteiger partial charge in [-0.15, -0.1) is 0 Å². The number of nitrogens with one attached hydrogen (secondary N) is 1. The van der Waals surface area contributed by atoms with E-state index in [0.29, 0.717) is 5.16 Å². The van der Waals surface area contributed by atoms with Crippen molar-refractivity contribution < 1.29 is 0 Å². The summed E-state index contributed by atoms with van der Waals surface area (Å²) in [6.07, 6.45) is 1.78. The number of aromatic amines is 1. The summed E-state index contributed by atoms with van der Waals surface area (Å²) in [7, 11) is 0. The highest BCUT2D eigenvalue weighted by atomic mass is 32.2. The van der Waals surface area contributed by atoms with Gasteiger partial charge in [0.15, 0.2) is 5.16 Å². The van der Waals surface area contributed by atoms with Gasteiger partial charge in [0.05, 0.1) is 0 Å². The minimum Gasteiger partial charge on any atom is -0.398 e. The highest BCUT2D eigenvalue weighted by Gasteiger charge is 2.07. The Bertz CT molecular complexity index is 637. The van der Waals surface area contributed by atoms with Gasteiger partial charge in [-0.05, 0) is 31.0 Å². The summed E-state index contributed by atoms with van der Waals surface area (Å²) in [4.78, 5) is 19.8. The maximum absolute atomic E-state index is 11.6. The second-order valence-corrected chi connectivity index (χ2v) is 5.39. The Morgan fingerprint density at radius 3 is 2.95 bits per heavy atom. The third-order valence-electron chi connectivity index (χ3n) is 2.81. The Balaban J connectivity index is 2.32. The molecule has 3 N–H and O–H groups in total. The highest BCUT2D eigenvalue weighted by molar-refractivity contribution is 7.99. The molecule has 0 aliphatic carbocycles. The van der Waals surface area contributed by atoms with Gasteiger partial charge >= 0.3 is 0 Å². The molecule has 0 saturated carbocycles. The minimum atomic E-state index is -0.109. The SMILES string of the molecule is CCCc1cc(=O)[nH]c(Sc2cccc(N)c2C)n1. The molecule has 0 spiro atoms. The van der Waals surface area contributed by atoms with Gasteiger partial charge in [-0.25, -0.2) is 4.98 Å². The van der Waals surface area contributed by atoms with Crippen molar-refractivity contribution in [1.82, 2.24) is 9.97 Å². The second kappa shape index (κ2) is 5.93. The molecule has 0 amide bonds. The lowest BCUT2D eigenvalue weighted by atomic mass is 10.2. The number of benzene rings is 1. The third-order valence-corrected chi connectivity index (χ3v) is 3.86. The monoisotopic (exact) mass is 275 g/mol. The first-order valence-corrected chi connectivity index (χ1v) is 7.05. The molecule has 2 aromatic rings. The van der Waals surface area contributed by atoms with Crippen LogP contribution in [0.15, 0.2) is 39.1 Å². The molecule has 0 atom stereocenters. The Morgan fingerprint density at radius 2 is 2.21 bits per heavy atom. The van der Waals surface area contributed by atoms with E-state index in [1.165, 1.54) is 11.8 Å². The number of hydrogen-bond acceptors (Lipinski definition) is 4. The zero-order chi connectivity index (χ0) is 13.8. The van der Waals surface area contributed by atoms with Crippen molar-refractivity contribution in [3.05, 3.63) is 45.9 Å². The van der Waals surface area contributed by atoms with Crippen molar-refractivity contribution in [3.8, 4) is 0 Å². The molecule has 0 fully saturated rings. The zero-order valence-electron chi connectivity index (χ0n) is 11.1. The molecule has 1 aromatic carbocycles. The fourth-order valence-electron chi connectivity index (χ4n) is 1.76. The van der Waals surface area contributed by atoms with Crippen molar-refractivity contribution in [2.24, 2.45) is 0 Å². The van der Waals surface area contributed by atoms with Crippen molar-refractivity contribution in [3.63, 3.8) is 0 Å². The average molecular weight is 275 g/mol. The molecule has 1 heterocycles. The van der Waals surface area contributed by atoms with E-state index in [-0.39, 0.29) is 5.56 Å². The standard InChI is InChI=1S/C14H17N3OS/c1-3-5-10-8-13(18)17-14(16-10)19-12-7-4-6-11(15)9(12)2/h4,6-8H,3,5,15H2,1-2H3,(H,16,17,18). The normalized spacial score (nSPS) is 10.6. The molecule has 0 bridgehead atoms. The number of nitrogens with zero attached hydrogens (tertiary/aromatic N) is 1. The quantitative estimate of drug-likeness (QED) is 0.665. The van der Waals surface area contributed by atoms with Gasteiger partial charge in [0, 0.05) is 22.3 Å². The molecule has 5 heteroatoms. The van der Waals surface area contributed by atoms with Gasteiger partial charge in [0.2, 0.25) is 0 Å². The van der Waals surface area contributed by atoms with E-state index in [9.17, 15) is 4.79 Å². The zero-order valence-corrected chi connectivity index (χ0v) is 11.9. The van der Waals surface area contributed by atoms with Crippen LogP contribution in [0.5, 0.6) is 0 Å². The first kappa shape index (κ1) is 13.7. The van der Waals surface area contributed by atoms with Gasteiger partial charge in [0.25, 0.3) is 5.56 Å². The molecule has 0 unspecified atom stereocenters. The second-order valence-electron chi connectivity index (χ2n) is 4.36. The first-order valence-electron chi connectivity index (χ1n) is 6.23. The highest BCUT2D eigenvalue weighted by Crippen LogP contribution is 2.29. The van der Waals surface area contributed by atoms with Crippen LogP contribution in [0.25, 0.3) is 0 Å². The number of rotatable bonds is 4. The summed E-state index contributed by atoms with van der Waals surface area (Å²) in [5.74, 6) is 0. The Labute approximate surface area is 116 Å². The minimum absolute atomic E-state index is 0.109. The van der Waals surface area contributed by atoms with Crippen LogP contribution in [0.1, 0.15) is 24.6 Å². The number of aromatic nitrogens is 2. The van der Waals surface area contributed by atoms with E-state index in [4.69, 9.17) is 5.73 Å². The number of hydrogen-bond donors (Lipinski definition) is 2. The van der Waals surface area contributed by atoms with Crippen molar-refractivity contribution in [2.75, 3.05) is 5.73 Å². The van der Waals surface area contributed by atoms with Crippen LogP contribution in [0.4, 0.5) is 5.69 Å². The summed E-state index contributed by atoms with van der Waals surface area (Å²) in [6.45, 7) is 4.03. The summed E-state index contributed by atoms with van der Waals surface area (Å²) in [6, 6.07) is 7.30. The molecular weight excluding hydrogens is 258 g/mol. The van der Waals surface area contributed by atoms with E-state index < -0.39 is 0 Å². The topological polar surface area (TPSA) is 71.8 Å². The molecule has 4 nitrogen and oxygen atoms in total. The van der Waals surface area contributed by atoms with Gasteiger partial charge < -0.3 is 10.7 Å². The Kier molecular flexibility index (Phi) is 4.27. The van der Waals surface area contributed by atoms with E-state index >= 15 is 0 Å². The summed E-state index contributed by atoms with van der Waals surface area (Å²) >= 11 is 1.44. The maximum atomic E-state index is 11.6. The van der Waals surface area contributed by atoms with Gasteiger partial charge in [-0.3, -0.25) is 4.79 Å². The fourth-order valence-corrected chi connectivity index (χ4v) is 2.70. The number of nitrogen functional groups attached to an aromatic ring is 1. The third kappa shape index (κ3) is 3.38.